The maximum atomic E-state index is 12.9. The highest BCUT2D eigenvalue weighted by atomic mass is 16.5. The van der Waals surface area contributed by atoms with Gasteiger partial charge in [-0.25, -0.2) is 24.9 Å². The largest absolute Gasteiger partial charge is 0.492 e. The molecule has 3 amide bonds. The van der Waals surface area contributed by atoms with E-state index in [4.69, 9.17) is 24.7 Å². The van der Waals surface area contributed by atoms with Crippen molar-refractivity contribution < 1.29 is 19.1 Å². The molecule has 18 rings (SSSR count). The molecule has 28 heteroatoms. The van der Waals surface area contributed by atoms with Crippen LogP contribution in [0.15, 0.2) is 238 Å². The monoisotopic (exact) mass is 1690 g/mol. The van der Waals surface area contributed by atoms with E-state index in [0.717, 1.165) is 202 Å². The van der Waals surface area contributed by atoms with Gasteiger partial charge in [0.05, 0.1) is 31.4 Å². The Labute approximate surface area is 737 Å². The zero-order valence-corrected chi connectivity index (χ0v) is 73.8. The predicted molar refractivity (Wildman–Crippen MR) is 505 cm³/mol. The summed E-state index contributed by atoms with van der Waals surface area (Å²) in [5.41, 5.74) is 13.4. The number of piperazine rings is 3. The Bertz CT molecular complexity index is 5860. The van der Waals surface area contributed by atoms with E-state index >= 15 is 0 Å². The minimum atomic E-state index is -0.0649. The van der Waals surface area contributed by atoms with Gasteiger partial charge in [-0.05, 0) is 160 Å². The van der Waals surface area contributed by atoms with Gasteiger partial charge in [-0.3, -0.25) is 19.3 Å². The van der Waals surface area contributed by atoms with Gasteiger partial charge in [-0.15, -0.1) is 0 Å². The number of imidazole rings is 1. The van der Waals surface area contributed by atoms with Crippen molar-refractivity contribution in [1.82, 2.24) is 77.8 Å². The molecular weight excluding hydrogens is 1580 g/mol. The summed E-state index contributed by atoms with van der Waals surface area (Å²) in [6, 6.07) is 60.9. The third-order valence-corrected chi connectivity index (χ3v) is 24.2. The van der Waals surface area contributed by atoms with Gasteiger partial charge in [0.1, 0.15) is 35.1 Å². The average molecular weight is 1690 g/mol. The van der Waals surface area contributed by atoms with Crippen molar-refractivity contribution in [3.63, 3.8) is 0 Å². The fraction of sp³-hybridized carbons (Fsp3) is 0.347. The van der Waals surface area contributed by atoms with Crippen LogP contribution >= 0.6 is 0 Å². The molecule has 4 N–H and O–H groups in total. The number of fused-ring (bicyclic) bond motifs is 4. The van der Waals surface area contributed by atoms with Crippen molar-refractivity contribution in [3.8, 4) is 5.75 Å². The molecule has 0 bridgehead atoms. The number of likely N-dealkylation sites (N-methyl/N-ethyl adjacent to an activating group) is 1. The molecular formula is C98H116N24O4. The second-order valence-corrected chi connectivity index (χ2v) is 32.3. The molecule has 6 aromatic carbocycles. The van der Waals surface area contributed by atoms with Crippen molar-refractivity contribution in [1.29, 1.82) is 0 Å². The van der Waals surface area contributed by atoms with Crippen LogP contribution in [0.2, 0.25) is 0 Å². The van der Waals surface area contributed by atoms with Crippen LogP contribution in [0.4, 0.5) is 69.4 Å². The maximum Gasteiger partial charge on any atom is 0.233 e. The standard InChI is InChI=1S/C27H30N6O.C26H26N6O2.C23H30N6O.C22H30N6/c1-3-25(21-7-5-4-6-8-21)33-14-13-22-19-28-27(30-26(22)33)29-23-9-11-24(12-10-23)32-17-15-31(16-18-32)20(2)34;1-2-23(19-7-4-3-5-8-19)32-24(33)15-20-17-28-26(30-25(20)32)29-21-9-6-10-22(16-21)34-14-13-31-12-11-27-18-31;1-4-20(5-2)29-11-10-18-16-24-23(26-22(18)29)25-19-6-8-21(9-7-19)28-14-12-27(13-15-28)17(3)30;1-4-19(5-2)28-11-10-17-16-23-22(25-21(17)28)24-18-6-8-20(9-7-18)27-14-12-26(3)13-15-27/h4-14,19,25H,3,15-18H2,1-2H3,(H,28,29,30);3-12,16-18,23H,2,13-15H2,1H3,(H,28,29,30);6-11,16,20H,4-5,12-15H2,1-3H3,(H,24,25,26);6-11,16,19H,4-5,12-15H2,1-3H3,(H,23,24,25). The summed E-state index contributed by atoms with van der Waals surface area (Å²) in [7, 11) is 2.18. The van der Waals surface area contributed by atoms with Gasteiger partial charge in [0.25, 0.3) is 0 Å². The molecule has 3 fully saturated rings. The molecule has 12 heterocycles. The maximum absolute atomic E-state index is 12.9. The Morgan fingerprint density at radius 3 is 1.26 bits per heavy atom. The highest BCUT2D eigenvalue weighted by molar-refractivity contribution is 6.01. The summed E-state index contributed by atoms with van der Waals surface area (Å²) in [4.78, 5) is 92.2. The summed E-state index contributed by atoms with van der Waals surface area (Å²) >= 11 is 0. The number of hydrogen-bond donors (Lipinski definition) is 4. The third-order valence-electron chi connectivity index (χ3n) is 24.2. The topological polar surface area (TPSA) is 267 Å². The number of nitrogens with one attached hydrogen (secondary N) is 4. The molecule has 14 aromatic rings. The first-order valence-electron chi connectivity index (χ1n) is 44.4. The van der Waals surface area contributed by atoms with Crippen LogP contribution in [0.1, 0.15) is 135 Å². The van der Waals surface area contributed by atoms with E-state index in [1.807, 2.05) is 92.6 Å². The smallest absolute Gasteiger partial charge is 0.233 e. The minimum Gasteiger partial charge on any atom is -0.492 e. The zero-order valence-electron chi connectivity index (χ0n) is 73.8. The van der Waals surface area contributed by atoms with Crippen LogP contribution in [-0.4, -0.2) is 188 Å². The quantitative estimate of drug-likeness (QED) is 0.0373. The van der Waals surface area contributed by atoms with Gasteiger partial charge in [0.2, 0.25) is 41.5 Å². The second kappa shape index (κ2) is 41.6. The van der Waals surface area contributed by atoms with Crippen molar-refractivity contribution in [2.45, 2.75) is 131 Å². The van der Waals surface area contributed by atoms with Crippen LogP contribution in [0.3, 0.4) is 0 Å². The predicted octanol–water partition coefficient (Wildman–Crippen LogP) is 17.9. The number of rotatable bonds is 27. The Morgan fingerprint density at radius 2 is 0.833 bits per heavy atom. The molecule has 0 radical (unpaired) electrons. The number of hydrogen-bond acceptors (Lipinski definition) is 21. The molecule has 126 heavy (non-hydrogen) atoms. The van der Waals surface area contributed by atoms with E-state index in [2.05, 4.69) is 274 Å². The second-order valence-electron chi connectivity index (χ2n) is 32.3. The number of anilines is 12. The summed E-state index contributed by atoms with van der Waals surface area (Å²) in [5, 5.41) is 16.5. The van der Waals surface area contributed by atoms with Gasteiger partial charge >= 0.3 is 0 Å². The van der Waals surface area contributed by atoms with Crippen molar-refractivity contribution in [2.75, 3.05) is 133 Å². The minimum absolute atomic E-state index is 0.0467. The first kappa shape index (κ1) is 87.2. The van der Waals surface area contributed by atoms with Crippen LogP contribution in [0, 0.1) is 0 Å². The van der Waals surface area contributed by atoms with Crippen LogP contribution in [0.5, 0.6) is 5.75 Å². The number of nitrogens with zero attached hydrogens (tertiary/aromatic N) is 20. The molecule has 0 aliphatic carbocycles. The fourth-order valence-electron chi connectivity index (χ4n) is 16.9. The highest BCUT2D eigenvalue weighted by Gasteiger charge is 2.36. The first-order chi connectivity index (χ1) is 61.6. The Balaban J connectivity index is 0.000000130. The molecule has 0 spiro atoms. The zero-order chi connectivity index (χ0) is 87.4. The SMILES string of the molecule is CCC(CC)n1ccc2cnc(Nc3ccc(N4CCN(C(C)=O)CC4)cc3)nc21.CCC(CC)n1ccc2cnc(Nc3ccc(N4CCN(C)CC4)cc3)nc21.CCC(c1ccccc1)N1C(=O)Cc2cnc(Nc3cccc(OCCn4ccnc4)c3)nc21.CCC(c1ccccc1)n1ccc2cnc(Nc3ccc(N4CCN(C(C)=O)CC4)cc3)nc21. The van der Waals surface area contributed by atoms with Gasteiger partial charge in [-0.1, -0.05) is 108 Å². The summed E-state index contributed by atoms with van der Waals surface area (Å²) in [6.07, 6.45) is 25.6. The number of ether oxygens (including phenoxy) is 1. The molecule has 8 aromatic heterocycles. The van der Waals surface area contributed by atoms with Gasteiger partial charge < -0.3 is 73.7 Å². The average Bonchev–Trinajstić information content (AvgIpc) is 1.63. The number of carbonyl (C=O) groups is 3. The van der Waals surface area contributed by atoms with E-state index in [1.165, 1.54) is 16.9 Å². The van der Waals surface area contributed by atoms with Gasteiger partial charge in [-0.2, -0.15) is 19.9 Å². The Morgan fingerprint density at radius 1 is 0.421 bits per heavy atom. The van der Waals surface area contributed by atoms with Gasteiger partial charge in [0.15, 0.2) is 0 Å². The molecule has 3 saturated heterocycles. The Kier molecular flexibility index (Phi) is 28.8. The number of amides is 3. The van der Waals surface area contributed by atoms with E-state index in [1.54, 1.807) is 32.6 Å². The molecule has 4 aliphatic heterocycles. The molecule has 2 unspecified atom stereocenters. The lowest BCUT2D eigenvalue weighted by Crippen LogP contribution is -2.48. The lowest BCUT2D eigenvalue weighted by Gasteiger charge is -2.35. The lowest BCUT2D eigenvalue weighted by molar-refractivity contribution is -0.129. The van der Waals surface area contributed by atoms with Crippen molar-refractivity contribution in [2.24, 2.45) is 0 Å². The van der Waals surface area contributed by atoms with E-state index in [9.17, 15) is 14.4 Å². The van der Waals surface area contributed by atoms with Crippen LogP contribution in [0.25, 0.3) is 33.1 Å². The normalized spacial score (nSPS) is 14.6. The molecule has 2 atom stereocenters. The molecule has 4 aliphatic rings. The highest BCUT2D eigenvalue weighted by Crippen LogP contribution is 2.38. The summed E-state index contributed by atoms with van der Waals surface area (Å²) in [5.74, 6) is 4.05. The molecule has 0 saturated carbocycles. The number of aromatic nitrogens is 13. The molecule has 28 nitrogen and oxygen atoms in total. The number of carbonyl (C=O) groups excluding carboxylic acids is 3. The summed E-state index contributed by atoms with van der Waals surface area (Å²) in [6.45, 7) is 28.6. The van der Waals surface area contributed by atoms with Crippen molar-refractivity contribution in [3.05, 3.63) is 255 Å². The van der Waals surface area contributed by atoms with Crippen LogP contribution < -0.4 is 45.6 Å². The summed E-state index contributed by atoms with van der Waals surface area (Å²) < 4.78 is 14.6. The van der Waals surface area contributed by atoms with Crippen LogP contribution in [-0.2, 0) is 27.3 Å². The van der Waals surface area contributed by atoms with E-state index in [-0.39, 0.29) is 29.8 Å². The fourth-order valence-corrected chi connectivity index (χ4v) is 16.9. The number of benzene rings is 6. The Hall–Kier alpha value is -13.8. The third kappa shape index (κ3) is 21.3. The van der Waals surface area contributed by atoms with Crippen molar-refractivity contribution >= 4 is 120 Å². The van der Waals surface area contributed by atoms with E-state index < -0.39 is 0 Å². The first-order valence-corrected chi connectivity index (χ1v) is 44.4. The lowest BCUT2D eigenvalue weighted by atomic mass is 10.0. The van der Waals surface area contributed by atoms with E-state index in [0.29, 0.717) is 54.7 Å². The van der Waals surface area contributed by atoms with Gasteiger partial charge in [0, 0.05) is 228 Å². The molecule has 652 valence electrons.